The lowest BCUT2D eigenvalue weighted by atomic mass is 9.75. The van der Waals surface area contributed by atoms with Crippen LogP contribution in [0.15, 0.2) is 338 Å². The average molecular weight is 1430 g/mol. The lowest BCUT2D eigenvalue weighted by Gasteiger charge is -2.32. The molecule has 0 spiro atoms. The second-order valence-corrected chi connectivity index (χ2v) is 29.9. The number of halogens is 1. The lowest BCUT2D eigenvalue weighted by Crippen LogP contribution is -2.41. The summed E-state index contributed by atoms with van der Waals surface area (Å²) in [6.07, 6.45) is 0. The van der Waals surface area contributed by atoms with E-state index < -0.39 is 18.3 Å². The largest absolute Gasteiger partial charge is 0.495 e. The van der Waals surface area contributed by atoms with E-state index >= 15 is 0 Å². The van der Waals surface area contributed by atoms with Crippen molar-refractivity contribution in [2.24, 2.45) is 0 Å². The third-order valence-corrected chi connectivity index (χ3v) is 23.5. The quantitative estimate of drug-likeness (QED) is 0.129. The summed E-state index contributed by atoms with van der Waals surface area (Å²) in [7, 11) is -0.473. The average Bonchev–Trinajstić information content (AvgIpc) is 1.42. The van der Waals surface area contributed by atoms with Crippen molar-refractivity contribution in [1.82, 2.24) is 0 Å². The number of furan rings is 4. The summed E-state index contributed by atoms with van der Waals surface area (Å²) in [5, 5.41) is 28.4. The molecule has 1 fully saturated rings. The van der Waals surface area contributed by atoms with Gasteiger partial charge >= 0.3 is 7.12 Å². The van der Waals surface area contributed by atoms with Crippen LogP contribution in [0.2, 0.25) is 0 Å². The smallest absolute Gasteiger partial charge is 0.456 e. The molecule has 0 bridgehead atoms. The molecule has 6 nitrogen and oxygen atoms in total. The highest BCUT2D eigenvalue weighted by Gasteiger charge is 2.52. The summed E-state index contributed by atoms with van der Waals surface area (Å²) < 4.78 is 40.0. The van der Waals surface area contributed by atoms with E-state index in [0.717, 1.165) is 104 Å². The van der Waals surface area contributed by atoms with Gasteiger partial charge in [-0.1, -0.05) is 267 Å². The SMILES string of the molecule is Brc1c2ccccc2c(-c2ccccc2)c2ccccc12.CC1(C)OB(c2cc3oc4cc5oc6ccc7ccccc7c6c5cc4c3c3ccccc23)OC1(C)C.c1ccc(-c2c3ccccc3c(-c3cc4oc5cc6oc7ccc8ccccc8c7c6cc5c4c4ccccc34)c3ccccc23)cc1. The van der Waals surface area contributed by atoms with Crippen molar-refractivity contribution in [3.8, 4) is 33.4 Å². The van der Waals surface area contributed by atoms with Gasteiger partial charge in [-0.3, -0.25) is 0 Å². The van der Waals surface area contributed by atoms with Gasteiger partial charge in [0, 0.05) is 59.7 Å². The molecule has 22 aromatic rings. The summed E-state index contributed by atoms with van der Waals surface area (Å²) in [5.41, 5.74) is 14.4. The highest BCUT2D eigenvalue weighted by atomic mass is 79.9. The van der Waals surface area contributed by atoms with E-state index in [4.69, 9.17) is 27.0 Å². The molecule has 502 valence electrons. The Hall–Kier alpha value is -12.3. The van der Waals surface area contributed by atoms with Gasteiger partial charge in [0.2, 0.25) is 0 Å². The van der Waals surface area contributed by atoms with Crippen molar-refractivity contribution in [3.63, 3.8) is 0 Å². The Morgan fingerprint density at radius 1 is 0.236 bits per heavy atom. The molecule has 8 heteroatoms. The Morgan fingerprint density at radius 3 is 0.981 bits per heavy atom. The van der Waals surface area contributed by atoms with Crippen LogP contribution in [0.1, 0.15) is 27.7 Å². The van der Waals surface area contributed by atoms with Gasteiger partial charge in [-0.25, -0.2) is 0 Å². The maximum atomic E-state index is 6.77. The van der Waals surface area contributed by atoms with E-state index in [1.807, 2.05) is 6.07 Å². The van der Waals surface area contributed by atoms with Gasteiger partial charge in [0.05, 0.1) is 11.2 Å². The molecule has 18 aromatic carbocycles. The molecule has 106 heavy (non-hydrogen) atoms. The number of fused-ring (bicyclic) bond motifs is 24. The Kier molecular flexibility index (Phi) is 14.0. The number of hydrogen-bond acceptors (Lipinski definition) is 6. The zero-order valence-corrected chi connectivity index (χ0v) is 60.0. The molecule has 0 amide bonds. The Bertz CT molecular complexity index is 7300. The molecule has 0 atom stereocenters. The Labute approximate surface area is 617 Å². The Morgan fingerprint density at radius 2 is 0.547 bits per heavy atom. The molecular formula is C98H64BBrO6. The first-order chi connectivity index (χ1) is 52.0. The van der Waals surface area contributed by atoms with Crippen molar-refractivity contribution < 1.29 is 27.0 Å². The molecule has 1 saturated heterocycles. The highest BCUT2D eigenvalue weighted by Crippen LogP contribution is 2.51. The van der Waals surface area contributed by atoms with Crippen LogP contribution in [-0.2, 0) is 9.31 Å². The maximum Gasteiger partial charge on any atom is 0.495 e. The first kappa shape index (κ1) is 62.3. The molecule has 23 rings (SSSR count). The van der Waals surface area contributed by atoms with Crippen LogP contribution in [0.5, 0.6) is 0 Å². The predicted octanol–water partition coefficient (Wildman–Crippen LogP) is 27.9. The third kappa shape index (κ3) is 9.58. The van der Waals surface area contributed by atoms with Crippen molar-refractivity contribution in [2.75, 3.05) is 0 Å². The monoisotopic (exact) mass is 1430 g/mol. The number of rotatable bonds is 4. The number of hydrogen-bond donors (Lipinski definition) is 0. The molecule has 5 heterocycles. The molecule has 1 aliphatic rings. The van der Waals surface area contributed by atoms with Crippen molar-refractivity contribution in [2.45, 2.75) is 38.9 Å². The molecule has 4 aromatic heterocycles. The van der Waals surface area contributed by atoms with E-state index in [9.17, 15) is 0 Å². The van der Waals surface area contributed by atoms with Crippen molar-refractivity contribution >= 4 is 202 Å². The molecule has 0 radical (unpaired) electrons. The molecule has 0 N–H and O–H groups in total. The van der Waals surface area contributed by atoms with E-state index in [0.29, 0.717) is 0 Å². The van der Waals surface area contributed by atoms with Crippen LogP contribution in [0, 0.1) is 0 Å². The summed E-state index contributed by atoms with van der Waals surface area (Å²) in [5.74, 6) is 0. The van der Waals surface area contributed by atoms with Crippen LogP contribution in [0.4, 0.5) is 0 Å². The van der Waals surface area contributed by atoms with Gasteiger partial charge in [0.25, 0.3) is 0 Å². The maximum absolute atomic E-state index is 6.77. The zero-order chi connectivity index (χ0) is 70.7. The second kappa shape index (κ2) is 23.9. The van der Waals surface area contributed by atoms with Crippen molar-refractivity contribution in [1.29, 1.82) is 0 Å². The zero-order valence-electron chi connectivity index (χ0n) is 58.4. The van der Waals surface area contributed by atoms with Gasteiger partial charge in [0.15, 0.2) is 0 Å². The van der Waals surface area contributed by atoms with Gasteiger partial charge in [-0.05, 0) is 205 Å². The highest BCUT2D eigenvalue weighted by molar-refractivity contribution is 9.10. The van der Waals surface area contributed by atoms with Crippen LogP contribution < -0.4 is 5.46 Å². The fourth-order valence-electron chi connectivity index (χ4n) is 17.1. The summed E-state index contributed by atoms with van der Waals surface area (Å²) in [6, 6.07) is 112. The first-order valence-corrected chi connectivity index (χ1v) is 37.0. The minimum Gasteiger partial charge on any atom is -0.456 e. The molecule has 0 saturated carbocycles. The fraction of sp³-hybridized carbons (Fsp3) is 0.0612. The van der Waals surface area contributed by atoms with Crippen LogP contribution in [-0.4, -0.2) is 18.3 Å². The lowest BCUT2D eigenvalue weighted by molar-refractivity contribution is 0.00578. The third-order valence-electron chi connectivity index (χ3n) is 22.6. The fourth-order valence-corrected chi connectivity index (χ4v) is 17.8. The normalized spacial score (nSPS) is 13.8. The minimum atomic E-state index is -0.473. The molecule has 0 unspecified atom stereocenters. The van der Waals surface area contributed by atoms with Crippen LogP contribution in [0.25, 0.3) is 207 Å². The number of benzene rings is 18. The van der Waals surface area contributed by atoms with Gasteiger partial charge in [-0.15, -0.1) is 0 Å². The second-order valence-electron chi connectivity index (χ2n) is 29.1. The topological polar surface area (TPSA) is 71.0 Å². The van der Waals surface area contributed by atoms with E-state index in [2.05, 4.69) is 353 Å². The standard InChI is InChI=1S/C46H26O2.C32H25BO4.C20H13Br/c1-2-13-28(14-3-1)43-32-18-8-10-20-34(32)44(35-21-11-9-19-33(35)43)36-25-42-46(31-17-7-6-16-30(31)36)38-24-37-40(26-41(38)48-42)47-39-23-22-27-12-4-5-15-29(27)45(37)39;1-31(2)32(3,4)37-33(36-31)24-16-28-30(21-12-8-7-11-20(21)24)23-15-22-26(17-27(23)35-28)34-25-14-13-18-9-5-6-10-19(18)29(22)25;21-20-17-12-6-4-10-15(17)19(14-8-2-1-3-9-14)16-11-5-7-13-18(16)20/h1-26H;5-17H,1-4H3;1-13H. The van der Waals surface area contributed by atoms with E-state index in [-0.39, 0.29) is 0 Å². The summed E-state index contributed by atoms with van der Waals surface area (Å²) >= 11 is 3.79. The molecule has 1 aliphatic heterocycles. The molecular weight excluding hydrogens is 1360 g/mol. The van der Waals surface area contributed by atoms with Crippen LogP contribution >= 0.6 is 15.9 Å². The van der Waals surface area contributed by atoms with Crippen molar-refractivity contribution in [3.05, 3.63) is 320 Å². The van der Waals surface area contributed by atoms with Crippen LogP contribution in [0.3, 0.4) is 0 Å². The summed E-state index contributed by atoms with van der Waals surface area (Å²) in [6.45, 7) is 8.33. The molecule has 0 aliphatic carbocycles. The van der Waals surface area contributed by atoms with Gasteiger partial charge in [0.1, 0.15) is 44.7 Å². The van der Waals surface area contributed by atoms with E-state index in [1.165, 1.54) is 113 Å². The first-order valence-electron chi connectivity index (χ1n) is 36.2. The van der Waals surface area contributed by atoms with Gasteiger partial charge < -0.3 is 27.0 Å². The van der Waals surface area contributed by atoms with Gasteiger partial charge in [-0.2, -0.15) is 0 Å². The minimum absolute atomic E-state index is 0.421. The summed E-state index contributed by atoms with van der Waals surface area (Å²) in [4.78, 5) is 0. The van der Waals surface area contributed by atoms with E-state index in [1.54, 1.807) is 0 Å². The Balaban J connectivity index is 0.000000110. The predicted molar refractivity (Wildman–Crippen MR) is 448 cm³/mol.